The van der Waals surface area contributed by atoms with Crippen molar-refractivity contribution in [3.8, 4) is 0 Å². The Morgan fingerprint density at radius 1 is 0.636 bits per heavy atom. The zero-order valence-corrected chi connectivity index (χ0v) is 31.2. The molecule has 0 atom stereocenters. The third-order valence-electron chi connectivity index (χ3n) is 7.80. The molecule has 0 amide bonds. The lowest BCUT2D eigenvalue weighted by molar-refractivity contribution is -0.150. The highest BCUT2D eigenvalue weighted by molar-refractivity contribution is 5.69. The third-order valence-corrected chi connectivity index (χ3v) is 7.80. The number of hydrogen-bond donors (Lipinski definition) is 1. The highest BCUT2D eigenvalue weighted by Crippen LogP contribution is 2.18. The second kappa shape index (κ2) is 41.9. The SMILES string of the molecule is C=C(C)OCCCCCN(CCO)CCCCCCCC(=O)OC(CCCCCCCC)CCCCCCCC.CC.CC. The van der Waals surface area contributed by atoms with Crippen molar-refractivity contribution < 1.29 is 19.4 Å². The van der Waals surface area contributed by atoms with Crippen LogP contribution >= 0.6 is 0 Å². The molecule has 0 saturated heterocycles. The van der Waals surface area contributed by atoms with E-state index in [1.807, 2.05) is 34.6 Å². The largest absolute Gasteiger partial charge is 0.499 e. The van der Waals surface area contributed by atoms with Gasteiger partial charge in [-0.05, 0) is 77.8 Å². The van der Waals surface area contributed by atoms with E-state index >= 15 is 0 Å². The minimum atomic E-state index is 0.0183. The summed E-state index contributed by atoms with van der Waals surface area (Å²) in [5.41, 5.74) is 0. The lowest BCUT2D eigenvalue weighted by Gasteiger charge is -2.21. The number of nitrogens with zero attached hydrogens (tertiary/aromatic N) is 1. The van der Waals surface area contributed by atoms with Gasteiger partial charge in [0.25, 0.3) is 0 Å². The van der Waals surface area contributed by atoms with E-state index in [2.05, 4.69) is 25.3 Å². The molecule has 0 aromatic heterocycles. The molecule has 5 nitrogen and oxygen atoms in total. The Hall–Kier alpha value is -1.07. The normalized spacial score (nSPS) is 10.7. The van der Waals surface area contributed by atoms with Crippen LogP contribution in [0.2, 0.25) is 0 Å². The molecule has 0 aromatic rings. The van der Waals surface area contributed by atoms with Crippen molar-refractivity contribution in [1.29, 1.82) is 0 Å². The molecule has 5 heteroatoms. The Labute approximate surface area is 277 Å². The van der Waals surface area contributed by atoms with E-state index in [-0.39, 0.29) is 18.7 Å². The van der Waals surface area contributed by atoms with E-state index in [1.54, 1.807) is 0 Å². The number of ether oxygens (including phenoxy) is 2. The van der Waals surface area contributed by atoms with Crippen molar-refractivity contribution in [2.24, 2.45) is 0 Å². The molecule has 0 unspecified atom stereocenters. The van der Waals surface area contributed by atoms with Crippen molar-refractivity contribution in [3.63, 3.8) is 0 Å². The highest BCUT2D eigenvalue weighted by Gasteiger charge is 2.14. The maximum Gasteiger partial charge on any atom is 0.306 e. The summed E-state index contributed by atoms with van der Waals surface area (Å²) in [7, 11) is 0. The molecule has 266 valence electrons. The van der Waals surface area contributed by atoms with Crippen molar-refractivity contribution in [2.75, 3.05) is 32.8 Å². The summed E-state index contributed by atoms with van der Waals surface area (Å²) < 4.78 is 11.4. The molecular formula is C39H81NO4. The van der Waals surface area contributed by atoms with Gasteiger partial charge in [-0.2, -0.15) is 0 Å². The minimum absolute atomic E-state index is 0.0183. The van der Waals surface area contributed by atoms with Crippen LogP contribution in [0.5, 0.6) is 0 Å². The van der Waals surface area contributed by atoms with E-state index in [9.17, 15) is 9.90 Å². The molecule has 0 aliphatic rings. The van der Waals surface area contributed by atoms with Crippen LogP contribution in [0.15, 0.2) is 12.3 Å². The number of carbonyl (C=O) groups excluding carboxylic acids is 1. The summed E-state index contributed by atoms with van der Waals surface area (Å²) in [6, 6.07) is 0. The van der Waals surface area contributed by atoms with Gasteiger partial charge >= 0.3 is 5.97 Å². The number of unbranched alkanes of at least 4 members (excludes halogenated alkanes) is 16. The number of aliphatic hydroxyl groups is 1. The second-order valence-corrected chi connectivity index (χ2v) is 11.9. The van der Waals surface area contributed by atoms with E-state index in [4.69, 9.17) is 9.47 Å². The van der Waals surface area contributed by atoms with E-state index < -0.39 is 0 Å². The van der Waals surface area contributed by atoms with Gasteiger partial charge in [0.05, 0.1) is 19.0 Å². The van der Waals surface area contributed by atoms with Gasteiger partial charge in [0.1, 0.15) is 6.10 Å². The molecule has 0 bridgehead atoms. The average molecular weight is 628 g/mol. The lowest BCUT2D eigenvalue weighted by Crippen LogP contribution is -2.29. The topological polar surface area (TPSA) is 59.0 Å². The zero-order chi connectivity index (χ0) is 33.5. The first-order chi connectivity index (χ1) is 21.5. The first-order valence-corrected chi connectivity index (χ1v) is 19.3. The molecule has 0 aliphatic heterocycles. The number of carbonyl (C=O) groups is 1. The predicted octanol–water partition coefficient (Wildman–Crippen LogP) is 11.8. The van der Waals surface area contributed by atoms with Crippen molar-refractivity contribution in [2.45, 2.75) is 202 Å². The van der Waals surface area contributed by atoms with Gasteiger partial charge in [0.15, 0.2) is 0 Å². The van der Waals surface area contributed by atoms with Crippen LogP contribution in [-0.4, -0.2) is 54.9 Å². The Balaban J connectivity index is -0.00000402. The summed E-state index contributed by atoms with van der Waals surface area (Å²) in [6.07, 6.45) is 27.1. The fourth-order valence-corrected chi connectivity index (χ4v) is 5.28. The van der Waals surface area contributed by atoms with E-state index in [0.717, 1.165) is 89.8 Å². The van der Waals surface area contributed by atoms with Crippen LogP contribution in [0.4, 0.5) is 0 Å². The molecule has 0 rings (SSSR count). The molecule has 0 spiro atoms. The van der Waals surface area contributed by atoms with Gasteiger partial charge in [0.2, 0.25) is 0 Å². The third kappa shape index (κ3) is 39.0. The number of allylic oxidation sites excluding steroid dienone is 1. The summed E-state index contributed by atoms with van der Waals surface area (Å²) in [5.74, 6) is 0.805. The lowest BCUT2D eigenvalue weighted by atomic mass is 10.0. The summed E-state index contributed by atoms with van der Waals surface area (Å²) >= 11 is 0. The Bertz CT molecular complexity index is 538. The van der Waals surface area contributed by atoms with Crippen molar-refractivity contribution in [3.05, 3.63) is 12.3 Å². The smallest absolute Gasteiger partial charge is 0.306 e. The maximum atomic E-state index is 12.6. The Morgan fingerprint density at radius 3 is 1.55 bits per heavy atom. The summed E-state index contributed by atoms with van der Waals surface area (Å²) in [5, 5.41) is 9.39. The van der Waals surface area contributed by atoms with Gasteiger partial charge in [0, 0.05) is 13.0 Å². The number of esters is 1. The molecular weight excluding hydrogens is 546 g/mol. The van der Waals surface area contributed by atoms with Gasteiger partial charge in [-0.3, -0.25) is 4.79 Å². The first kappa shape index (κ1) is 47.3. The summed E-state index contributed by atoms with van der Waals surface area (Å²) in [4.78, 5) is 15.0. The van der Waals surface area contributed by atoms with Crippen LogP contribution < -0.4 is 0 Å². The van der Waals surface area contributed by atoms with E-state index in [0.29, 0.717) is 6.42 Å². The minimum Gasteiger partial charge on any atom is -0.499 e. The average Bonchev–Trinajstić information content (AvgIpc) is 3.03. The fourth-order valence-electron chi connectivity index (χ4n) is 5.28. The molecule has 0 aromatic carbocycles. The molecule has 0 fully saturated rings. The number of aliphatic hydroxyl groups excluding tert-OH is 1. The van der Waals surface area contributed by atoms with Crippen molar-refractivity contribution >= 4 is 5.97 Å². The maximum absolute atomic E-state index is 12.6. The molecule has 44 heavy (non-hydrogen) atoms. The van der Waals surface area contributed by atoms with Gasteiger partial charge in [-0.1, -0.05) is 132 Å². The summed E-state index contributed by atoms with van der Waals surface area (Å²) in [6.45, 7) is 22.0. The Kier molecular flexibility index (Phi) is 45.1. The van der Waals surface area contributed by atoms with Crippen molar-refractivity contribution in [1.82, 2.24) is 4.90 Å². The van der Waals surface area contributed by atoms with Crippen LogP contribution in [0.3, 0.4) is 0 Å². The quantitative estimate of drug-likeness (QED) is 0.0457. The monoisotopic (exact) mass is 628 g/mol. The van der Waals surface area contributed by atoms with Crippen LogP contribution in [0, 0.1) is 0 Å². The van der Waals surface area contributed by atoms with Gasteiger partial charge in [-0.25, -0.2) is 0 Å². The van der Waals surface area contributed by atoms with E-state index in [1.165, 1.54) is 83.5 Å². The van der Waals surface area contributed by atoms with Crippen LogP contribution in [0.25, 0.3) is 0 Å². The zero-order valence-electron chi connectivity index (χ0n) is 31.2. The standard InChI is InChI=1S/C35H69NO4.2C2H6/c1-5-7-9-11-14-19-25-34(26-20-15-12-10-8-6-2)40-35(38)27-21-16-13-17-22-28-36(30-31-37)29-23-18-24-32-39-33(3)4;2*1-2/h34,37H,3,5-32H2,1-2,4H3;2*1-2H3. The predicted molar refractivity (Wildman–Crippen MR) is 194 cm³/mol. The highest BCUT2D eigenvalue weighted by atomic mass is 16.5. The second-order valence-electron chi connectivity index (χ2n) is 11.9. The fraction of sp³-hybridized carbons (Fsp3) is 0.923. The molecule has 0 heterocycles. The van der Waals surface area contributed by atoms with Crippen LogP contribution in [0.1, 0.15) is 196 Å². The van der Waals surface area contributed by atoms with Gasteiger partial charge in [-0.15, -0.1) is 0 Å². The molecule has 0 saturated carbocycles. The number of hydrogen-bond acceptors (Lipinski definition) is 5. The van der Waals surface area contributed by atoms with Gasteiger partial charge < -0.3 is 19.5 Å². The first-order valence-electron chi connectivity index (χ1n) is 19.3. The Morgan fingerprint density at radius 2 is 1.07 bits per heavy atom. The molecule has 0 aliphatic carbocycles. The van der Waals surface area contributed by atoms with Crippen LogP contribution in [-0.2, 0) is 14.3 Å². The molecule has 0 radical (unpaired) electrons. The number of rotatable bonds is 32. The molecule has 1 N–H and O–H groups in total.